The summed E-state index contributed by atoms with van der Waals surface area (Å²) in [7, 11) is -3.60. The van der Waals surface area contributed by atoms with E-state index in [1.54, 1.807) is 17.0 Å². The lowest BCUT2D eigenvalue weighted by atomic mass is 10.0. The molecular weight excluding hydrogens is 442 g/mol. The summed E-state index contributed by atoms with van der Waals surface area (Å²) in [4.78, 5) is 27.9. The van der Waals surface area contributed by atoms with E-state index in [0.29, 0.717) is 12.5 Å². The zero-order chi connectivity index (χ0) is 23.6. The summed E-state index contributed by atoms with van der Waals surface area (Å²) in [5, 5.41) is 9.89. The van der Waals surface area contributed by atoms with Crippen LogP contribution in [-0.2, 0) is 16.6 Å². The fourth-order valence-corrected chi connectivity index (χ4v) is 5.17. The second-order valence-corrected chi connectivity index (χ2v) is 10.7. The lowest BCUT2D eigenvalue weighted by Gasteiger charge is -2.37. The molecule has 8 nitrogen and oxygen atoms in total. The van der Waals surface area contributed by atoms with Crippen LogP contribution in [0.15, 0.2) is 54.6 Å². The number of nitrogens with one attached hydrogen (secondary N) is 1. The number of hydrogen-bond acceptors (Lipinski definition) is 5. The van der Waals surface area contributed by atoms with E-state index >= 15 is 0 Å². The fraction of sp³-hybridized carbons (Fsp3) is 0.417. The van der Waals surface area contributed by atoms with Crippen LogP contribution in [0, 0.1) is 0 Å². The molecule has 2 unspecified atom stereocenters. The van der Waals surface area contributed by atoms with Crippen LogP contribution in [0.5, 0.6) is 0 Å². The molecule has 2 fully saturated rings. The molecule has 0 bridgehead atoms. The molecule has 1 saturated heterocycles. The van der Waals surface area contributed by atoms with Crippen LogP contribution in [0.3, 0.4) is 0 Å². The highest BCUT2D eigenvalue weighted by Gasteiger charge is 2.47. The number of benzene rings is 2. The standard InChI is InChI=1S/C24H29N3O5S/c1-33(31,32)25-23(28)19-9-7-17(8-10-19)16-26-13-11-20(12-14-26)27(24(29)30)22-15-21(22)18-5-3-2-4-6-18/h2-10,20-22H,11-16H2,1H3,(H,25,28)(H,29,30). The molecule has 2 N–H and O–H groups in total. The molecule has 2 aromatic rings. The van der Waals surface area contributed by atoms with E-state index in [-0.39, 0.29) is 17.6 Å². The molecule has 2 amide bonds. The Morgan fingerprint density at radius 2 is 1.70 bits per heavy atom. The Morgan fingerprint density at radius 3 is 2.27 bits per heavy atom. The van der Waals surface area contributed by atoms with Crippen molar-refractivity contribution >= 4 is 22.0 Å². The molecule has 2 aliphatic rings. The molecule has 1 aliphatic heterocycles. The first kappa shape index (κ1) is 23.3. The summed E-state index contributed by atoms with van der Waals surface area (Å²) in [5.41, 5.74) is 2.52. The minimum Gasteiger partial charge on any atom is -0.465 e. The maximum atomic E-state index is 12.0. The van der Waals surface area contributed by atoms with Gasteiger partial charge in [-0.25, -0.2) is 17.9 Å². The van der Waals surface area contributed by atoms with E-state index < -0.39 is 22.0 Å². The van der Waals surface area contributed by atoms with Crippen LogP contribution in [0.25, 0.3) is 0 Å². The highest BCUT2D eigenvalue weighted by Crippen LogP contribution is 2.46. The van der Waals surface area contributed by atoms with Crippen LogP contribution < -0.4 is 4.72 Å². The van der Waals surface area contributed by atoms with Crippen LogP contribution in [-0.4, -0.2) is 66.8 Å². The van der Waals surface area contributed by atoms with E-state index in [1.807, 2.05) is 35.1 Å². The molecule has 0 spiro atoms. The average Bonchev–Trinajstić information content (AvgIpc) is 3.55. The number of amides is 2. The molecule has 1 saturated carbocycles. The van der Waals surface area contributed by atoms with Gasteiger partial charge in [0.05, 0.1) is 6.26 Å². The fourth-order valence-electron chi connectivity index (χ4n) is 4.72. The van der Waals surface area contributed by atoms with Crippen molar-refractivity contribution in [3.8, 4) is 0 Å². The molecule has 1 aliphatic carbocycles. The Kier molecular flexibility index (Phi) is 6.71. The third kappa shape index (κ3) is 5.91. The van der Waals surface area contributed by atoms with Crippen molar-refractivity contribution in [2.24, 2.45) is 0 Å². The van der Waals surface area contributed by atoms with Gasteiger partial charge >= 0.3 is 6.09 Å². The van der Waals surface area contributed by atoms with Gasteiger partial charge in [-0.2, -0.15) is 0 Å². The monoisotopic (exact) mass is 471 g/mol. The summed E-state index contributed by atoms with van der Waals surface area (Å²) >= 11 is 0. The Labute approximate surface area is 194 Å². The van der Waals surface area contributed by atoms with Gasteiger partial charge in [0.25, 0.3) is 5.91 Å². The van der Waals surface area contributed by atoms with Crippen molar-refractivity contribution in [1.29, 1.82) is 0 Å². The van der Waals surface area contributed by atoms with Gasteiger partial charge in [-0.15, -0.1) is 0 Å². The number of carbonyl (C=O) groups excluding carboxylic acids is 1. The maximum absolute atomic E-state index is 12.0. The number of nitrogens with zero attached hydrogens (tertiary/aromatic N) is 2. The van der Waals surface area contributed by atoms with E-state index in [9.17, 15) is 23.1 Å². The van der Waals surface area contributed by atoms with Crippen molar-refractivity contribution in [3.05, 3.63) is 71.3 Å². The van der Waals surface area contributed by atoms with Gasteiger partial charge in [0.15, 0.2) is 0 Å². The second kappa shape index (κ2) is 9.52. The zero-order valence-corrected chi connectivity index (χ0v) is 19.4. The molecule has 2 aromatic carbocycles. The molecule has 176 valence electrons. The summed E-state index contributed by atoms with van der Waals surface area (Å²) in [5.74, 6) is -0.355. The van der Waals surface area contributed by atoms with Crippen molar-refractivity contribution in [2.45, 2.75) is 43.8 Å². The van der Waals surface area contributed by atoms with Crippen molar-refractivity contribution in [2.75, 3.05) is 19.3 Å². The summed E-state index contributed by atoms with van der Waals surface area (Å²) < 4.78 is 24.4. The minimum absolute atomic E-state index is 0.0273. The number of likely N-dealkylation sites (tertiary alicyclic amines) is 1. The van der Waals surface area contributed by atoms with Crippen molar-refractivity contribution < 1.29 is 23.1 Å². The van der Waals surface area contributed by atoms with Gasteiger partial charge < -0.3 is 10.0 Å². The van der Waals surface area contributed by atoms with Gasteiger partial charge in [-0.05, 0) is 42.5 Å². The Hall–Kier alpha value is -2.91. The number of piperidine rings is 1. The third-order valence-electron chi connectivity index (χ3n) is 6.41. The Balaban J connectivity index is 1.30. The highest BCUT2D eigenvalue weighted by atomic mass is 32.2. The van der Waals surface area contributed by atoms with Gasteiger partial charge in [-0.3, -0.25) is 9.69 Å². The van der Waals surface area contributed by atoms with E-state index in [1.165, 1.54) is 5.56 Å². The van der Waals surface area contributed by atoms with Gasteiger partial charge in [0.1, 0.15) is 0 Å². The van der Waals surface area contributed by atoms with Gasteiger partial charge in [0.2, 0.25) is 10.0 Å². The van der Waals surface area contributed by atoms with Gasteiger partial charge in [0, 0.05) is 43.2 Å². The van der Waals surface area contributed by atoms with Crippen LogP contribution in [0.4, 0.5) is 4.79 Å². The molecule has 2 atom stereocenters. The number of carboxylic acid groups (broad SMARTS) is 1. The smallest absolute Gasteiger partial charge is 0.407 e. The van der Waals surface area contributed by atoms with Crippen LogP contribution in [0.1, 0.15) is 46.7 Å². The predicted octanol–water partition coefficient (Wildman–Crippen LogP) is 2.88. The third-order valence-corrected chi connectivity index (χ3v) is 6.97. The first-order chi connectivity index (χ1) is 15.7. The predicted molar refractivity (Wildman–Crippen MR) is 125 cm³/mol. The van der Waals surface area contributed by atoms with E-state index in [0.717, 1.165) is 44.2 Å². The van der Waals surface area contributed by atoms with Gasteiger partial charge in [-0.1, -0.05) is 42.5 Å². The molecule has 4 rings (SSSR count). The van der Waals surface area contributed by atoms with Crippen LogP contribution in [0.2, 0.25) is 0 Å². The first-order valence-electron chi connectivity index (χ1n) is 11.1. The molecule has 0 aromatic heterocycles. The topological polar surface area (TPSA) is 107 Å². The van der Waals surface area contributed by atoms with E-state index in [2.05, 4.69) is 17.0 Å². The summed E-state index contributed by atoms with van der Waals surface area (Å²) in [6, 6.07) is 17.1. The molecule has 9 heteroatoms. The lowest BCUT2D eigenvalue weighted by Crippen LogP contribution is -2.48. The first-order valence-corrected chi connectivity index (χ1v) is 13.0. The quantitative estimate of drug-likeness (QED) is 0.643. The second-order valence-electron chi connectivity index (χ2n) is 8.92. The zero-order valence-electron chi connectivity index (χ0n) is 18.6. The Morgan fingerprint density at radius 1 is 1.06 bits per heavy atom. The normalized spacial score (nSPS) is 21.4. The summed E-state index contributed by atoms with van der Waals surface area (Å²) in [6.07, 6.45) is 2.58. The summed E-state index contributed by atoms with van der Waals surface area (Å²) in [6.45, 7) is 2.30. The molecule has 1 heterocycles. The number of hydrogen-bond donors (Lipinski definition) is 2. The average molecular weight is 472 g/mol. The molecule has 33 heavy (non-hydrogen) atoms. The van der Waals surface area contributed by atoms with Crippen molar-refractivity contribution in [3.63, 3.8) is 0 Å². The van der Waals surface area contributed by atoms with Crippen LogP contribution >= 0.6 is 0 Å². The lowest BCUT2D eigenvalue weighted by molar-refractivity contribution is 0.0834. The molecular formula is C24H29N3O5S. The van der Waals surface area contributed by atoms with Crippen molar-refractivity contribution in [1.82, 2.24) is 14.5 Å². The van der Waals surface area contributed by atoms with E-state index in [4.69, 9.17) is 0 Å². The number of sulfonamides is 1. The largest absolute Gasteiger partial charge is 0.465 e. The number of rotatable bonds is 7. The maximum Gasteiger partial charge on any atom is 0.407 e. The number of carbonyl (C=O) groups is 2. The Bertz CT molecular complexity index is 1100. The minimum atomic E-state index is -3.60. The SMILES string of the molecule is CS(=O)(=O)NC(=O)c1ccc(CN2CCC(N(C(=O)O)C3CC3c3ccccc3)CC2)cc1. The molecule has 0 radical (unpaired) electrons. The highest BCUT2D eigenvalue weighted by molar-refractivity contribution is 7.89.